The van der Waals surface area contributed by atoms with E-state index in [1.807, 2.05) is 30.5 Å². The van der Waals surface area contributed by atoms with E-state index in [1.54, 1.807) is 32.2 Å². The van der Waals surface area contributed by atoms with E-state index in [4.69, 9.17) is 16.3 Å². The smallest absolute Gasteiger partial charge is 0.308 e. The Bertz CT molecular complexity index is 1450. The highest BCUT2D eigenvalue weighted by molar-refractivity contribution is 6.30. The molecule has 0 spiro atoms. The topological polar surface area (TPSA) is 101 Å². The number of nitrogens with zero attached hydrogens (tertiary/aromatic N) is 5. The molecule has 0 bridgehead atoms. The van der Waals surface area contributed by atoms with E-state index in [0.717, 1.165) is 17.1 Å². The molecule has 0 aliphatic heterocycles. The predicted molar refractivity (Wildman–Crippen MR) is 128 cm³/mol. The number of hydrogen-bond acceptors (Lipinski definition) is 6. The fraction of sp³-hybridized carbons (Fsp3) is 0.292. The third-order valence-corrected chi connectivity index (χ3v) is 5.99. The van der Waals surface area contributed by atoms with Crippen LogP contribution in [0.3, 0.4) is 0 Å². The number of esters is 1. The van der Waals surface area contributed by atoms with Crippen LogP contribution < -0.4 is 5.56 Å². The molecule has 0 saturated carbocycles. The van der Waals surface area contributed by atoms with Crippen molar-refractivity contribution in [2.24, 2.45) is 7.05 Å². The Morgan fingerprint density at radius 1 is 1.18 bits per heavy atom. The van der Waals surface area contributed by atoms with Crippen LogP contribution in [-0.4, -0.2) is 41.8 Å². The second kappa shape index (κ2) is 9.26. The van der Waals surface area contributed by atoms with Crippen LogP contribution in [-0.2, 0) is 23.1 Å². The number of ether oxygens (including phenoxy) is 1. The van der Waals surface area contributed by atoms with Gasteiger partial charge in [-0.3, -0.25) is 23.6 Å². The van der Waals surface area contributed by atoms with Crippen LogP contribution in [0, 0.1) is 13.8 Å². The zero-order valence-electron chi connectivity index (χ0n) is 19.3. The Hall–Kier alpha value is -3.72. The summed E-state index contributed by atoms with van der Waals surface area (Å²) >= 11 is 5.99. The van der Waals surface area contributed by atoms with E-state index in [-0.39, 0.29) is 24.3 Å². The van der Waals surface area contributed by atoms with E-state index >= 15 is 0 Å². The van der Waals surface area contributed by atoms with Gasteiger partial charge in [0.25, 0.3) is 5.56 Å². The Morgan fingerprint density at radius 3 is 2.59 bits per heavy atom. The largest absolute Gasteiger partial charge is 0.454 e. The van der Waals surface area contributed by atoms with Crippen molar-refractivity contribution in [3.63, 3.8) is 0 Å². The fourth-order valence-corrected chi connectivity index (χ4v) is 4.09. The van der Waals surface area contributed by atoms with Crippen LogP contribution in [0.25, 0.3) is 16.7 Å². The van der Waals surface area contributed by atoms with E-state index in [0.29, 0.717) is 21.6 Å². The van der Waals surface area contributed by atoms with Gasteiger partial charge in [0.15, 0.2) is 11.8 Å². The number of rotatable bonds is 7. The number of carbonyl (C=O) groups is 2. The maximum absolute atomic E-state index is 13.0. The van der Waals surface area contributed by atoms with Gasteiger partial charge in [-0.25, -0.2) is 4.98 Å². The third-order valence-electron chi connectivity index (χ3n) is 5.73. The lowest BCUT2D eigenvalue weighted by Gasteiger charge is -2.14. The summed E-state index contributed by atoms with van der Waals surface area (Å²) < 4.78 is 10.2. The molecular weight excluding hydrogens is 458 g/mol. The summed E-state index contributed by atoms with van der Waals surface area (Å²) in [5.74, 6) is -0.872. The van der Waals surface area contributed by atoms with E-state index in [2.05, 4.69) is 10.1 Å². The van der Waals surface area contributed by atoms with Crippen LogP contribution >= 0.6 is 11.6 Å². The Labute approximate surface area is 200 Å². The summed E-state index contributed by atoms with van der Waals surface area (Å²) in [5.41, 5.74) is 3.17. The number of aromatic nitrogens is 5. The normalized spacial score (nSPS) is 12.1. The molecule has 176 valence electrons. The first kappa shape index (κ1) is 23.4. The van der Waals surface area contributed by atoms with Crippen molar-refractivity contribution in [1.29, 1.82) is 0 Å². The van der Waals surface area contributed by atoms with Gasteiger partial charge in [0, 0.05) is 41.3 Å². The van der Waals surface area contributed by atoms with E-state index < -0.39 is 12.1 Å². The SMILES string of the molecule is Cc1cc(C(=O)C(C)OC(=O)CCn2cnc3c(cnn3C)c2=O)c(C)n1-c1ccc(Cl)cc1. The minimum Gasteiger partial charge on any atom is -0.454 e. The minimum atomic E-state index is -0.970. The molecule has 1 atom stereocenters. The highest BCUT2D eigenvalue weighted by atomic mass is 35.5. The molecule has 9 nitrogen and oxygen atoms in total. The van der Waals surface area contributed by atoms with Crippen LogP contribution in [0.4, 0.5) is 0 Å². The zero-order valence-corrected chi connectivity index (χ0v) is 20.0. The van der Waals surface area contributed by atoms with Crippen molar-refractivity contribution in [2.45, 2.75) is 39.8 Å². The van der Waals surface area contributed by atoms with Crippen molar-refractivity contribution < 1.29 is 14.3 Å². The Morgan fingerprint density at radius 2 is 1.88 bits per heavy atom. The van der Waals surface area contributed by atoms with Gasteiger partial charge in [0.05, 0.1) is 18.9 Å². The standard InChI is InChI=1S/C24H24ClN5O4/c1-14-11-19(15(2)30(14)18-7-5-17(25)6-8-18)22(32)16(3)34-21(31)9-10-29-13-26-23-20(24(29)33)12-27-28(23)4/h5-8,11-13,16H,9-10H2,1-4H3. The molecule has 1 aromatic carbocycles. The zero-order chi connectivity index (χ0) is 24.6. The lowest BCUT2D eigenvalue weighted by atomic mass is 10.1. The predicted octanol–water partition coefficient (Wildman–Crippen LogP) is 3.40. The molecule has 0 fully saturated rings. The molecule has 3 heterocycles. The summed E-state index contributed by atoms with van der Waals surface area (Å²) in [6.45, 7) is 5.38. The van der Waals surface area contributed by atoms with E-state index in [9.17, 15) is 14.4 Å². The van der Waals surface area contributed by atoms with Gasteiger partial charge in [-0.2, -0.15) is 5.10 Å². The molecule has 4 rings (SSSR count). The summed E-state index contributed by atoms with van der Waals surface area (Å²) in [4.78, 5) is 42.2. The second-order valence-electron chi connectivity index (χ2n) is 8.09. The highest BCUT2D eigenvalue weighted by Gasteiger charge is 2.24. The molecule has 0 N–H and O–H groups in total. The van der Waals surface area contributed by atoms with E-state index in [1.165, 1.54) is 21.8 Å². The summed E-state index contributed by atoms with van der Waals surface area (Å²) in [6, 6.07) is 9.10. The fourth-order valence-electron chi connectivity index (χ4n) is 3.97. The van der Waals surface area contributed by atoms with Crippen LogP contribution in [0.1, 0.15) is 35.1 Å². The maximum Gasteiger partial charge on any atom is 0.308 e. The maximum atomic E-state index is 13.0. The number of aryl methyl sites for hydroxylation is 3. The first-order valence-electron chi connectivity index (χ1n) is 10.7. The molecule has 0 amide bonds. The number of hydrogen-bond donors (Lipinski definition) is 0. The van der Waals surface area contributed by atoms with Gasteiger partial charge in [0.1, 0.15) is 5.39 Å². The number of carbonyl (C=O) groups excluding carboxylic acids is 2. The van der Waals surface area contributed by atoms with Gasteiger partial charge in [0.2, 0.25) is 5.78 Å². The molecule has 3 aromatic heterocycles. The molecular formula is C24H24ClN5O4. The third kappa shape index (κ3) is 4.38. The Balaban J connectivity index is 1.43. The lowest BCUT2D eigenvalue weighted by molar-refractivity contribution is -0.146. The van der Waals surface area contributed by atoms with Crippen molar-refractivity contribution in [2.75, 3.05) is 0 Å². The molecule has 0 radical (unpaired) electrons. The number of ketones is 1. The van der Waals surface area contributed by atoms with Gasteiger partial charge < -0.3 is 9.30 Å². The van der Waals surface area contributed by atoms with Gasteiger partial charge in [-0.1, -0.05) is 11.6 Å². The van der Waals surface area contributed by atoms with Crippen LogP contribution in [0.15, 0.2) is 47.7 Å². The molecule has 34 heavy (non-hydrogen) atoms. The van der Waals surface area contributed by atoms with Crippen molar-refractivity contribution in [3.8, 4) is 5.69 Å². The number of benzene rings is 1. The average molecular weight is 482 g/mol. The van der Waals surface area contributed by atoms with Crippen molar-refractivity contribution in [1.82, 2.24) is 23.9 Å². The average Bonchev–Trinajstić information content (AvgIpc) is 3.33. The number of Topliss-reactive ketones (excluding diaryl/α,β-unsaturated/α-hetero) is 1. The first-order valence-corrected chi connectivity index (χ1v) is 11.1. The summed E-state index contributed by atoms with van der Waals surface area (Å²) in [5, 5.41) is 5.02. The van der Waals surface area contributed by atoms with Crippen molar-refractivity contribution >= 4 is 34.4 Å². The second-order valence-corrected chi connectivity index (χ2v) is 8.53. The lowest BCUT2D eigenvalue weighted by Crippen LogP contribution is -2.27. The van der Waals surface area contributed by atoms with Crippen molar-refractivity contribution in [3.05, 3.63) is 75.2 Å². The minimum absolute atomic E-state index is 0.0746. The molecule has 0 aliphatic rings. The first-order chi connectivity index (χ1) is 16.2. The van der Waals surface area contributed by atoms with Gasteiger partial charge >= 0.3 is 5.97 Å². The highest BCUT2D eigenvalue weighted by Crippen LogP contribution is 2.23. The molecule has 0 saturated heterocycles. The van der Waals surface area contributed by atoms with Crippen LogP contribution in [0.5, 0.6) is 0 Å². The monoisotopic (exact) mass is 481 g/mol. The quantitative estimate of drug-likeness (QED) is 0.296. The number of halogens is 1. The Kier molecular flexibility index (Phi) is 6.39. The molecule has 10 heteroatoms. The van der Waals surface area contributed by atoms with Gasteiger partial charge in [-0.15, -0.1) is 0 Å². The summed E-state index contributed by atoms with van der Waals surface area (Å²) in [6.07, 6.45) is 1.78. The molecule has 0 aliphatic carbocycles. The molecule has 4 aromatic rings. The van der Waals surface area contributed by atoms with Gasteiger partial charge in [-0.05, 0) is 51.1 Å². The van der Waals surface area contributed by atoms with Crippen LogP contribution in [0.2, 0.25) is 5.02 Å². The summed E-state index contributed by atoms with van der Waals surface area (Å²) in [7, 11) is 1.70. The molecule has 1 unspecified atom stereocenters. The number of fused-ring (bicyclic) bond motifs is 1.